The Morgan fingerprint density at radius 1 is 1.16 bits per heavy atom. The molecule has 0 N–H and O–H groups in total. The van der Waals surface area contributed by atoms with E-state index in [1.54, 1.807) is 14.2 Å². The highest BCUT2D eigenvalue weighted by Gasteiger charge is 2.31. The maximum atomic E-state index is 5.95. The second-order valence-electron chi connectivity index (χ2n) is 6.33. The van der Waals surface area contributed by atoms with E-state index < -0.39 is 0 Å². The van der Waals surface area contributed by atoms with Crippen LogP contribution in [0.3, 0.4) is 0 Å². The third-order valence-electron chi connectivity index (χ3n) is 4.81. The van der Waals surface area contributed by atoms with E-state index in [0.29, 0.717) is 12.6 Å². The molecule has 1 fully saturated rings. The Labute approximate surface area is 149 Å². The van der Waals surface area contributed by atoms with E-state index in [9.17, 15) is 0 Å². The molecule has 0 bridgehead atoms. The summed E-state index contributed by atoms with van der Waals surface area (Å²) in [6.45, 7) is 4.61. The molecule has 2 aromatic rings. The highest BCUT2D eigenvalue weighted by Crippen LogP contribution is 2.38. The first-order valence-corrected chi connectivity index (χ1v) is 8.73. The van der Waals surface area contributed by atoms with Crippen LogP contribution >= 0.6 is 0 Å². The van der Waals surface area contributed by atoms with Crippen LogP contribution in [0.25, 0.3) is 0 Å². The van der Waals surface area contributed by atoms with E-state index >= 15 is 0 Å². The quantitative estimate of drug-likeness (QED) is 0.772. The van der Waals surface area contributed by atoms with Gasteiger partial charge in [-0.2, -0.15) is 5.10 Å². The Balaban J connectivity index is 1.67. The van der Waals surface area contributed by atoms with Gasteiger partial charge >= 0.3 is 0 Å². The topological polar surface area (TPSA) is 48.8 Å². The molecule has 1 aromatic heterocycles. The monoisotopic (exact) mass is 345 g/mol. The molecule has 1 unspecified atom stereocenters. The number of nitrogens with zero attached hydrogens (tertiary/aromatic N) is 3. The molecule has 1 aliphatic rings. The predicted octanol–water partition coefficient (Wildman–Crippen LogP) is 2.96. The Kier molecular flexibility index (Phi) is 5.48. The molecule has 0 amide bonds. The molecule has 1 aliphatic heterocycles. The van der Waals surface area contributed by atoms with Crippen molar-refractivity contribution in [3.05, 3.63) is 35.5 Å². The summed E-state index contributed by atoms with van der Waals surface area (Å²) in [5.41, 5.74) is 2.25. The SMILES string of the molecule is COc1ccccc1OCCN1CCCC1c1c(C)nn(C)c1OC. The maximum absolute atomic E-state index is 5.95. The summed E-state index contributed by atoms with van der Waals surface area (Å²) < 4.78 is 18.7. The molecule has 1 atom stereocenters. The lowest BCUT2D eigenvalue weighted by atomic mass is 10.1. The van der Waals surface area contributed by atoms with Crippen molar-refractivity contribution in [3.63, 3.8) is 0 Å². The number of methoxy groups -OCH3 is 2. The Morgan fingerprint density at radius 2 is 1.92 bits per heavy atom. The number of likely N-dealkylation sites (tertiary alicyclic amines) is 1. The van der Waals surface area contributed by atoms with Crippen LogP contribution in [-0.2, 0) is 7.05 Å². The lowest BCUT2D eigenvalue weighted by molar-refractivity contribution is 0.191. The molecule has 0 aliphatic carbocycles. The number of para-hydroxylation sites is 2. The number of hydrogen-bond acceptors (Lipinski definition) is 5. The number of rotatable bonds is 7. The fourth-order valence-electron chi connectivity index (χ4n) is 3.71. The summed E-state index contributed by atoms with van der Waals surface area (Å²) in [7, 11) is 5.31. The third kappa shape index (κ3) is 3.58. The molecule has 0 saturated carbocycles. The Morgan fingerprint density at radius 3 is 2.64 bits per heavy atom. The molecular weight excluding hydrogens is 318 g/mol. The van der Waals surface area contributed by atoms with Crippen LogP contribution in [-0.4, -0.2) is 48.6 Å². The molecule has 136 valence electrons. The average Bonchev–Trinajstić information content (AvgIpc) is 3.18. The third-order valence-corrected chi connectivity index (χ3v) is 4.81. The van der Waals surface area contributed by atoms with Crippen molar-refractivity contribution in [2.45, 2.75) is 25.8 Å². The van der Waals surface area contributed by atoms with Gasteiger partial charge in [-0.25, -0.2) is 4.68 Å². The van der Waals surface area contributed by atoms with Crippen molar-refractivity contribution in [3.8, 4) is 17.4 Å². The Hall–Kier alpha value is -2.21. The first-order chi connectivity index (χ1) is 12.2. The van der Waals surface area contributed by atoms with E-state index in [1.807, 2.05) is 36.0 Å². The summed E-state index contributed by atoms with van der Waals surface area (Å²) in [6, 6.07) is 8.09. The molecular formula is C19H27N3O3. The van der Waals surface area contributed by atoms with E-state index in [2.05, 4.69) is 16.9 Å². The normalized spacial score (nSPS) is 17.7. The van der Waals surface area contributed by atoms with E-state index in [-0.39, 0.29) is 0 Å². The van der Waals surface area contributed by atoms with Gasteiger partial charge in [0.05, 0.1) is 25.5 Å². The molecule has 2 heterocycles. The summed E-state index contributed by atoms with van der Waals surface area (Å²) in [5, 5.41) is 4.53. The number of aromatic nitrogens is 2. The zero-order valence-electron chi connectivity index (χ0n) is 15.5. The van der Waals surface area contributed by atoms with E-state index in [4.69, 9.17) is 14.2 Å². The summed E-state index contributed by atoms with van der Waals surface area (Å²) >= 11 is 0. The van der Waals surface area contributed by atoms with Crippen molar-refractivity contribution in [2.24, 2.45) is 7.05 Å². The van der Waals surface area contributed by atoms with Crippen molar-refractivity contribution in [1.29, 1.82) is 0 Å². The molecule has 25 heavy (non-hydrogen) atoms. The van der Waals surface area contributed by atoms with Gasteiger partial charge in [-0.3, -0.25) is 4.90 Å². The van der Waals surface area contributed by atoms with Crippen molar-refractivity contribution >= 4 is 0 Å². The van der Waals surface area contributed by atoms with Crippen LogP contribution < -0.4 is 14.2 Å². The summed E-state index contributed by atoms with van der Waals surface area (Å²) in [6.07, 6.45) is 2.30. The number of hydrogen-bond donors (Lipinski definition) is 0. The molecule has 3 rings (SSSR count). The highest BCUT2D eigenvalue weighted by atomic mass is 16.5. The lowest BCUT2D eigenvalue weighted by Crippen LogP contribution is -2.28. The number of ether oxygens (including phenoxy) is 3. The van der Waals surface area contributed by atoms with Crippen LogP contribution in [0.2, 0.25) is 0 Å². The first-order valence-electron chi connectivity index (χ1n) is 8.73. The van der Waals surface area contributed by atoms with Crippen molar-refractivity contribution < 1.29 is 14.2 Å². The zero-order chi connectivity index (χ0) is 17.8. The van der Waals surface area contributed by atoms with Gasteiger partial charge in [0.2, 0.25) is 5.88 Å². The second-order valence-corrected chi connectivity index (χ2v) is 6.33. The minimum absolute atomic E-state index is 0.338. The summed E-state index contributed by atoms with van der Waals surface area (Å²) in [4.78, 5) is 2.46. The molecule has 6 heteroatoms. The highest BCUT2D eigenvalue weighted by molar-refractivity contribution is 5.39. The van der Waals surface area contributed by atoms with Gasteiger partial charge in [0, 0.05) is 19.6 Å². The fraction of sp³-hybridized carbons (Fsp3) is 0.526. The zero-order valence-corrected chi connectivity index (χ0v) is 15.5. The summed E-state index contributed by atoms with van der Waals surface area (Å²) in [5.74, 6) is 2.42. The van der Waals surface area contributed by atoms with Crippen molar-refractivity contribution in [1.82, 2.24) is 14.7 Å². The standard InChI is InChI=1S/C19H27N3O3/c1-14-18(19(24-4)21(2)20-14)15-8-7-11-22(15)12-13-25-17-10-6-5-9-16(17)23-3/h5-6,9-10,15H,7-8,11-13H2,1-4H3. The molecule has 0 spiro atoms. The van der Waals surface area contributed by atoms with Gasteiger partial charge in [0.15, 0.2) is 11.5 Å². The van der Waals surface area contributed by atoms with E-state index in [1.165, 1.54) is 12.0 Å². The fourth-order valence-corrected chi connectivity index (χ4v) is 3.71. The second kappa shape index (κ2) is 7.78. The van der Waals surface area contributed by atoms with Crippen LogP contribution in [0, 0.1) is 6.92 Å². The van der Waals surface area contributed by atoms with Gasteiger partial charge in [-0.15, -0.1) is 0 Å². The molecule has 1 aromatic carbocycles. The predicted molar refractivity (Wildman–Crippen MR) is 96.5 cm³/mol. The number of benzene rings is 1. The van der Waals surface area contributed by atoms with Gasteiger partial charge in [-0.05, 0) is 38.4 Å². The Bertz CT molecular complexity index is 714. The van der Waals surface area contributed by atoms with E-state index in [0.717, 1.165) is 42.6 Å². The number of aryl methyl sites for hydroxylation is 2. The minimum atomic E-state index is 0.338. The van der Waals surface area contributed by atoms with Crippen LogP contribution in [0.4, 0.5) is 0 Å². The van der Waals surface area contributed by atoms with Gasteiger partial charge in [0.25, 0.3) is 0 Å². The lowest BCUT2D eigenvalue weighted by Gasteiger charge is -2.25. The van der Waals surface area contributed by atoms with Gasteiger partial charge < -0.3 is 14.2 Å². The molecule has 0 radical (unpaired) electrons. The molecule has 6 nitrogen and oxygen atoms in total. The molecule has 1 saturated heterocycles. The average molecular weight is 345 g/mol. The maximum Gasteiger partial charge on any atom is 0.216 e. The van der Waals surface area contributed by atoms with Crippen LogP contribution in [0.15, 0.2) is 24.3 Å². The largest absolute Gasteiger partial charge is 0.493 e. The van der Waals surface area contributed by atoms with Crippen LogP contribution in [0.5, 0.6) is 17.4 Å². The van der Waals surface area contributed by atoms with Crippen LogP contribution in [0.1, 0.15) is 30.1 Å². The van der Waals surface area contributed by atoms with Gasteiger partial charge in [-0.1, -0.05) is 12.1 Å². The van der Waals surface area contributed by atoms with Crippen molar-refractivity contribution in [2.75, 3.05) is 33.9 Å². The smallest absolute Gasteiger partial charge is 0.216 e. The first kappa shape index (κ1) is 17.6. The minimum Gasteiger partial charge on any atom is -0.493 e. The van der Waals surface area contributed by atoms with Gasteiger partial charge in [0.1, 0.15) is 6.61 Å².